The summed E-state index contributed by atoms with van der Waals surface area (Å²) in [5.41, 5.74) is 0.604. The van der Waals surface area contributed by atoms with Crippen LogP contribution in [0.5, 0.6) is 0 Å². The largest absolute Gasteiger partial charge is 0.444 e. The van der Waals surface area contributed by atoms with Crippen molar-refractivity contribution in [2.75, 3.05) is 5.32 Å². The van der Waals surface area contributed by atoms with E-state index in [1.54, 1.807) is 12.3 Å². The van der Waals surface area contributed by atoms with Gasteiger partial charge >= 0.3 is 6.09 Å². The third-order valence-corrected chi connectivity index (χ3v) is 1.92. The first-order valence-corrected chi connectivity index (χ1v) is 5.65. The van der Waals surface area contributed by atoms with Crippen molar-refractivity contribution < 1.29 is 9.53 Å². The molecule has 0 aliphatic rings. The van der Waals surface area contributed by atoms with E-state index in [4.69, 9.17) is 4.74 Å². The van der Waals surface area contributed by atoms with Gasteiger partial charge in [-0.3, -0.25) is 5.32 Å². The monoisotopic (exact) mass is 235 g/mol. The lowest BCUT2D eigenvalue weighted by atomic mass is 10.2. The van der Waals surface area contributed by atoms with Gasteiger partial charge in [-0.05, 0) is 45.2 Å². The highest BCUT2D eigenvalue weighted by Gasteiger charge is 2.16. The molecule has 1 amide bonds. The number of nitrogens with one attached hydrogen (secondary N) is 1. The molecule has 1 aromatic rings. The number of rotatable bonds is 3. The highest BCUT2D eigenvalue weighted by atomic mass is 16.6. The zero-order valence-electron chi connectivity index (χ0n) is 10.6. The Kier molecular flexibility index (Phi) is 4.49. The summed E-state index contributed by atoms with van der Waals surface area (Å²) in [5.74, 6) is 0.493. The summed E-state index contributed by atoms with van der Waals surface area (Å²) in [4.78, 5) is 15.6. The van der Waals surface area contributed by atoms with Crippen molar-refractivity contribution in [3.63, 3.8) is 0 Å². The Morgan fingerprint density at radius 3 is 2.65 bits per heavy atom. The van der Waals surface area contributed by atoms with Gasteiger partial charge in [-0.25, -0.2) is 9.78 Å². The van der Waals surface area contributed by atoms with Crippen LogP contribution in [0.3, 0.4) is 0 Å². The van der Waals surface area contributed by atoms with Gasteiger partial charge in [-0.2, -0.15) is 0 Å². The number of carbonyl (C=O) groups excluding carboxylic acids is 1. The van der Waals surface area contributed by atoms with E-state index in [-0.39, 0.29) is 0 Å². The summed E-state index contributed by atoms with van der Waals surface area (Å²) in [6.07, 6.45) is 2.97. The van der Waals surface area contributed by atoms with Gasteiger partial charge < -0.3 is 4.74 Å². The summed E-state index contributed by atoms with van der Waals surface area (Å²) in [6.45, 7) is 9.23. The van der Waals surface area contributed by atoms with Crippen LogP contribution in [0.15, 0.2) is 18.3 Å². The van der Waals surface area contributed by atoms with Crippen LogP contribution in [0.1, 0.15) is 32.8 Å². The average Bonchev–Trinajstić information content (AvgIpc) is 2.18. The van der Waals surface area contributed by atoms with E-state index in [2.05, 4.69) is 17.2 Å². The molecule has 1 radical (unpaired) electrons. The SMILES string of the molecule is [CH2]CCc1ccc(NC(=O)OC(C)(C)C)nc1. The average molecular weight is 235 g/mol. The second kappa shape index (κ2) is 5.66. The normalized spacial score (nSPS) is 11.1. The molecule has 0 aliphatic carbocycles. The molecule has 0 aromatic carbocycles. The first-order valence-electron chi connectivity index (χ1n) is 5.65. The summed E-state index contributed by atoms with van der Waals surface area (Å²) < 4.78 is 5.12. The predicted octanol–water partition coefficient (Wildman–Crippen LogP) is 3.20. The molecule has 0 aliphatic heterocycles. The zero-order chi connectivity index (χ0) is 12.9. The lowest BCUT2D eigenvalue weighted by Gasteiger charge is -2.19. The maximum absolute atomic E-state index is 11.5. The molecule has 1 rings (SSSR count). The molecular weight excluding hydrogens is 216 g/mol. The van der Waals surface area contributed by atoms with Crippen LogP contribution in [0.4, 0.5) is 10.6 Å². The van der Waals surface area contributed by atoms with E-state index in [1.807, 2.05) is 26.8 Å². The smallest absolute Gasteiger partial charge is 0.413 e. The highest BCUT2D eigenvalue weighted by molar-refractivity contribution is 5.83. The van der Waals surface area contributed by atoms with Crippen molar-refractivity contribution in [1.29, 1.82) is 0 Å². The molecule has 1 aromatic heterocycles. The van der Waals surface area contributed by atoms with Gasteiger partial charge in [0.25, 0.3) is 0 Å². The Labute approximate surface area is 102 Å². The fourth-order valence-electron chi connectivity index (χ4n) is 1.26. The van der Waals surface area contributed by atoms with Gasteiger partial charge in [0.15, 0.2) is 0 Å². The third kappa shape index (κ3) is 5.33. The molecular formula is C13H19N2O2. The second-order valence-corrected chi connectivity index (χ2v) is 4.78. The molecule has 1 heterocycles. The van der Waals surface area contributed by atoms with E-state index in [9.17, 15) is 4.79 Å². The second-order valence-electron chi connectivity index (χ2n) is 4.78. The number of aromatic nitrogens is 1. The molecule has 0 fully saturated rings. The van der Waals surface area contributed by atoms with E-state index in [0.29, 0.717) is 5.82 Å². The molecule has 0 saturated heterocycles. The quantitative estimate of drug-likeness (QED) is 0.875. The number of pyridine rings is 1. The lowest BCUT2D eigenvalue weighted by molar-refractivity contribution is 0.0635. The van der Waals surface area contributed by atoms with Gasteiger partial charge in [-0.15, -0.1) is 0 Å². The van der Waals surface area contributed by atoms with Crippen LogP contribution < -0.4 is 5.32 Å². The number of amides is 1. The van der Waals surface area contributed by atoms with Gasteiger partial charge in [-0.1, -0.05) is 13.0 Å². The topological polar surface area (TPSA) is 51.2 Å². The van der Waals surface area contributed by atoms with Crippen LogP contribution in [0.25, 0.3) is 0 Å². The van der Waals surface area contributed by atoms with Crippen LogP contribution in [0, 0.1) is 6.92 Å². The van der Waals surface area contributed by atoms with E-state index in [1.165, 1.54) is 0 Å². The minimum Gasteiger partial charge on any atom is -0.444 e. The fraction of sp³-hybridized carbons (Fsp3) is 0.462. The minimum absolute atomic E-state index is 0.491. The molecule has 0 bridgehead atoms. The van der Waals surface area contributed by atoms with Crippen LogP contribution in [-0.4, -0.2) is 16.7 Å². The molecule has 0 unspecified atom stereocenters. The van der Waals surface area contributed by atoms with Crippen LogP contribution in [-0.2, 0) is 11.2 Å². The number of aryl methyl sites for hydroxylation is 1. The fourth-order valence-corrected chi connectivity index (χ4v) is 1.26. The van der Waals surface area contributed by atoms with Crippen molar-refractivity contribution in [3.8, 4) is 0 Å². The molecule has 0 saturated carbocycles. The van der Waals surface area contributed by atoms with Crippen molar-refractivity contribution in [3.05, 3.63) is 30.8 Å². The van der Waals surface area contributed by atoms with Crippen molar-refractivity contribution in [2.45, 2.75) is 39.2 Å². The zero-order valence-corrected chi connectivity index (χ0v) is 10.6. The number of ether oxygens (including phenoxy) is 1. The van der Waals surface area contributed by atoms with Gasteiger partial charge in [0.1, 0.15) is 11.4 Å². The number of nitrogens with zero attached hydrogens (tertiary/aromatic N) is 1. The molecule has 17 heavy (non-hydrogen) atoms. The minimum atomic E-state index is -0.502. The summed E-state index contributed by atoms with van der Waals surface area (Å²) in [6, 6.07) is 3.68. The Balaban J connectivity index is 2.54. The Bertz CT molecular complexity index is 366. The van der Waals surface area contributed by atoms with Crippen molar-refractivity contribution >= 4 is 11.9 Å². The molecule has 4 nitrogen and oxygen atoms in total. The highest BCUT2D eigenvalue weighted by Crippen LogP contribution is 2.11. The molecule has 0 spiro atoms. The van der Waals surface area contributed by atoms with E-state index in [0.717, 1.165) is 18.4 Å². The third-order valence-electron chi connectivity index (χ3n) is 1.92. The molecule has 93 valence electrons. The molecule has 0 atom stereocenters. The Morgan fingerprint density at radius 1 is 1.47 bits per heavy atom. The molecule has 1 N–H and O–H groups in total. The van der Waals surface area contributed by atoms with Crippen LogP contribution in [0.2, 0.25) is 0 Å². The lowest BCUT2D eigenvalue weighted by Crippen LogP contribution is -2.27. The number of hydrogen-bond donors (Lipinski definition) is 1. The number of anilines is 1. The Hall–Kier alpha value is -1.58. The maximum Gasteiger partial charge on any atom is 0.413 e. The van der Waals surface area contributed by atoms with Crippen LogP contribution >= 0.6 is 0 Å². The van der Waals surface area contributed by atoms with Crippen molar-refractivity contribution in [2.24, 2.45) is 0 Å². The first-order chi connectivity index (χ1) is 7.90. The number of carbonyl (C=O) groups is 1. The van der Waals surface area contributed by atoms with Crippen molar-refractivity contribution in [1.82, 2.24) is 4.98 Å². The van der Waals surface area contributed by atoms with Gasteiger partial charge in [0.05, 0.1) is 0 Å². The molecule has 4 heteroatoms. The predicted molar refractivity (Wildman–Crippen MR) is 67.8 cm³/mol. The van der Waals surface area contributed by atoms with E-state index >= 15 is 0 Å². The summed E-state index contributed by atoms with van der Waals surface area (Å²) >= 11 is 0. The maximum atomic E-state index is 11.5. The summed E-state index contributed by atoms with van der Waals surface area (Å²) in [5, 5.41) is 2.58. The Morgan fingerprint density at radius 2 is 2.18 bits per heavy atom. The number of hydrogen-bond acceptors (Lipinski definition) is 3. The van der Waals surface area contributed by atoms with E-state index < -0.39 is 11.7 Å². The first kappa shape index (κ1) is 13.5. The summed E-state index contributed by atoms with van der Waals surface area (Å²) in [7, 11) is 0. The van der Waals surface area contributed by atoms with Gasteiger partial charge in [0, 0.05) is 6.20 Å². The van der Waals surface area contributed by atoms with Gasteiger partial charge in [0.2, 0.25) is 0 Å². The standard InChI is InChI=1S/C13H19N2O2/c1-5-6-10-7-8-11(14-9-10)15-12(16)17-13(2,3)4/h7-9H,1,5-6H2,2-4H3,(H,14,15,16).